The summed E-state index contributed by atoms with van der Waals surface area (Å²) in [4.78, 5) is 38.7. The Balaban J connectivity index is 1.60. The Morgan fingerprint density at radius 3 is 2.96 bits per heavy atom. The first-order valence-corrected chi connectivity index (χ1v) is 9.44. The number of nitrogens with zero attached hydrogens (tertiary/aromatic N) is 4. The molecule has 3 N–H and O–H groups in total. The zero-order valence-electron chi connectivity index (χ0n) is 14.8. The van der Waals surface area contributed by atoms with Gasteiger partial charge in [-0.3, -0.25) is 9.59 Å². The number of aromatic nitrogens is 3. The van der Waals surface area contributed by atoms with Gasteiger partial charge in [0.25, 0.3) is 5.91 Å². The summed E-state index contributed by atoms with van der Waals surface area (Å²) in [6, 6.07) is 0. The standard InChI is InChI=1S/C16H20N6O4S/c1-9-4-5-10-11(7-9)27-15(13(10)14(17)24)19-12(23)3-2-6-21-8-18-16(20-21)22(25)26/h8-9H,2-7H2,1H3,(H2,17,24)(H,19,23)/t9-/m1/s1. The molecule has 3 rings (SSSR count). The van der Waals surface area contributed by atoms with Gasteiger partial charge >= 0.3 is 5.95 Å². The molecule has 27 heavy (non-hydrogen) atoms. The molecule has 0 radical (unpaired) electrons. The van der Waals surface area contributed by atoms with E-state index in [0.717, 1.165) is 29.7 Å². The van der Waals surface area contributed by atoms with Crippen LogP contribution in [0.25, 0.3) is 0 Å². The average molecular weight is 392 g/mol. The van der Waals surface area contributed by atoms with Gasteiger partial charge in [0.2, 0.25) is 12.2 Å². The minimum Gasteiger partial charge on any atom is -0.390 e. The van der Waals surface area contributed by atoms with Gasteiger partial charge in [-0.1, -0.05) is 11.9 Å². The second-order valence-electron chi connectivity index (χ2n) is 6.64. The summed E-state index contributed by atoms with van der Waals surface area (Å²) in [7, 11) is 0. The number of thiophene rings is 1. The van der Waals surface area contributed by atoms with Crippen molar-refractivity contribution in [3.63, 3.8) is 0 Å². The van der Waals surface area contributed by atoms with Gasteiger partial charge in [-0.25, -0.2) is 0 Å². The van der Waals surface area contributed by atoms with Crippen molar-refractivity contribution in [2.24, 2.45) is 11.7 Å². The van der Waals surface area contributed by atoms with Crippen molar-refractivity contribution in [3.05, 3.63) is 32.4 Å². The van der Waals surface area contributed by atoms with Crippen molar-refractivity contribution in [1.29, 1.82) is 0 Å². The van der Waals surface area contributed by atoms with Crippen LogP contribution in [0.1, 0.15) is 47.0 Å². The van der Waals surface area contributed by atoms with Crippen LogP contribution >= 0.6 is 11.3 Å². The Bertz CT molecular complexity index is 890. The molecule has 2 heterocycles. The van der Waals surface area contributed by atoms with Crippen LogP contribution in [-0.2, 0) is 24.2 Å². The number of primary amides is 1. The lowest BCUT2D eigenvalue weighted by Crippen LogP contribution is -2.19. The highest BCUT2D eigenvalue weighted by atomic mass is 32.1. The van der Waals surface area contributed by atoms with Crippen molar-refractivity contribution >= 4 is 34.1 Å². The van der Waals surface area contributed by atoms with Gasteiger partial charge in [-0.15, -0.1) is 11.3 Å². The van der Waals surface area contributed by atoms with Crippen LogP contribution in [0.5, 0.6) is 0 Å². The molecular formula is C16H20N6O4S. The van der Waals surface area contributed by atoms with Crippen LogP contribution in [-0.4, -0.2) is 31.5 Å². The number of amides is 2. The number of hydrogen-bond acceptors (Lipinski definition) is 7. The maximum Gasteiger partial charge on any atom is 0.490 e. The van der Waals surface area contributed by atoms with Crippen LogP contribution in [0, 0.1) is 16.0 Å². The van der Waals surface area contributed by atoms with Gasteiger partial charge in [0.15, 0.2) is 0 Å². The lowest BCUT2D eigenvalue weighted by Gasteiger charge is -2.18. The molecule has 11 heteroatoms. The summed E-state index contributed by atoms with van der Waals surface area (Å²) in [5.41, 5.74) is 6.94. The van der Waals surface area contributed by atoms with Crippen molar-refractivity contribution in [2.75, 3.05) is 5.32 Å². The fraction of sp³-hybridized carbons (Fsp3) is 0.500. The molecule has 0 bridgehead atoms. The van der Waals surface area contributed by atoms with Crippen LogP contribution in [0.3, 0.4) is 0 Å². The number of hydrogen-bond donors (Lipinski definition) is 2. The summed E-state index contributed by atoms with van der Waals surface area (Å²) in [6.07, 6.45) is 4.57. The Hall–Kier alpha value is -2.82. The fourth-order valence-corrected chi connectivity index (χ4v) is 4.60. The van der Waals surface area contributed by atoms with E-state index in [1.807, 2.05) is 0 Å². The number of anilines is 1. The van der Waals surface area contributed by atoms with Crippen molar-refractivity contribution in [1.82, 2.24) is 14.8 Å². The van der Waals surface area contributed by atoms with Crippen LogP contribution in [0.2, 0.25) is 0 Å². The lowest BCUT2D eigenvalue weighted by atomic mass is 9.88. The minimum absolute atomic E-state index is 0.185. The SMILES string of the molecule is C[C@@H]1CCc2c(sc(NC(=O)CCCn3cnc([N+](=O)[O-])n3)c2C(N)=O)C1. The molecule has 144 valence electrons. The van der Waals surface area contributed by atoms with E-state index in [9.17, 15) is 19.7 Å². The highest BCUT2D eigenvalue weighted by Crippen LogP contribution is 2.39. The molecule has 0 fully saturated rings. The number of nitrogens with two attached hydrogens (primary N) is 1. The van der Waals surface area contributed by atoms with Gasteiger partial charge in [-0.2, -0.15) is 4.68 Å². The molecule has 0 unspecified atom stereocenters. The lowest BCUT2D eigenvalue weighted by molar-refractivity contribution is -0.394. The summed E-state index contributed by atoms with van der Waals surface area (Å²) in [5.74, 6) is -0.679. The molecule has 1 atom stereocenters. The van der Waals surface area contributed by atoms with Crippen LogP contribution in [0.15, 0.2) is 6.33 Å². The maximum absolute atomic E-state index is 12.3. The number of carbonyl (C=O) groups is 2. The van der Waals surface area contributed by atoms with Crippen molar-refractivity contribution < 1.29 is 14.5 Å². The Labute approximate surface area is 158 Å². The zero-order valence-corrected chi connectivity index (χ0v) is 15.6. The molecule has 2 aromatic rings. The third-order valence-electron chi connectivity index (χ3n) is 4.49. The first-order chi connectivity index (χ1) is 12.8. The molecule has 0 saturated carbocycles. The van der Waals surface area contributed by atoms with E-state index in [4.69, 9.17) is 5.73 Å². The van der Waals surface area contributed by atoms with Crippen LogP contribution < -0.4 is 11.1 Å². The Kier molecular flexibility index (Phi) is 5.49. The first kappa shape index (κ1) is 19.0. The van der Waals surface area contributed by atoms with Gasteiger partial charge in [0, 0.05) is 16.4 Å². The molecule has 0 aliphatic heterocycles. The molecule has 10 nitrogen and oxygen atoms in total. The summed E-state index contributed by atoms with van der Waals surface area (Å²) < 4.78 is 1.32. The zero-order chi connectivity index (χ0) is 19.6. The second kappa shape index (κ2) is 7.82. The topological polar surface area (TPSA) is 146 Å². The van der Waals surface area contributed by atoms with Crippen LogP contribution in [0.4, 0.5) is 10.9 Å². The van der Waals surface area contributed by atoms with E-state index in [2.05, 4.69) is 22.3 Å². The normalized spacial score (nSPS) is 16.0. The van der Waals surface area contributed by atoms with E-state index < -0.39 is 16.8 Å². The van der Waals surface area contributed by atoms with E-state index in [-0.39, 0.29) is 12.3 Å². The molecule has 1 aliphatic carbocycles. The molecule has 1 aliphatic rings. The number of aryl methyl sites for hydroxylation is 1. The van der Waals surface area contributed by atoms with Crippen molar-refractivity contribution in [2.45, 2.75) is 45.6 Å². The summed E-state index contributed by atoms with van der Waals surface area (Å²) >= 11 is 1.42. The summed E-state index contributed by atoms with van der Waals surface area (Å²) in [6.45, 7) is 2.49. The third kappa shape index (κ3) is 4.30. The first-order valence-electron chi connectivity index (χ1n) is 8.63. The van der Waals surface area contributed by atoms with Crippen molar-refractivity contribution in [3.8, 4) is 0 Å². The molecule has 2 amide bonds. The summed E-state index contributed by atoms with van der Waals surface area (Å²) in [5, 5.41) is 17.6. The number of carbonyl (C=O) groups excluding carboxylic acids is 2. The highest BCUT2D eigenvalue weighted by Gasteiger charge is 2.27. The minimum atomic E-state index is -0.673. The fourth-order valence-electron chi connectivity index (χ4n) is 3.17. The molecular weight excluding hydrogens is 372 g/mol. The van der Waals surface area contributed by atoms with Gasteiger partial charge < -0.3 is 21.2 Å². The smallest absolute Gasteiger partial charge is 0.390 e. The van der Waals surface area contributed by atoms with E-state index in [1.165, 1.54) is 22.3 Å². The molecule has 0 aromatic carbocycles. The molecule has 0 saturated heterocycles. The quantitative estimate of drug-likeness (QED) is 0.543. The Morgan fingerprint density at radius 1 is 1.52 bits per heavy atom. The highest BCUT2D eigenvalue weighted by molar-refractivity contribution is 7.17. The monoisotopic (exact) mass is 392 g/mol. The average Bonchev–Trinajstić information content (AvgIpc) is 3.18. The van der Waals surface area contributed by atoms with E-state index in [0.29, 0.717) is 29.4 Å². The second-order valence-corrected chi connectivity index (χ2v) is 7.74. The van der Waals surface area contributed by atoms with Gasteiger partial charge in [-0.05, 0) is 42.1 Å². The predicted molar refractivity (Wildman–Crippen MR) is 98.6 cm³/mol. The van der Waals surface area contributed by atoms with Gasteiger partial charge in [0.05, 0.1) is 12.1 Å². The number of rotatable bonds is 7. The van der Waals surface area contributed by atoms with E-state index in [1.54, 1.807) is 0 Å². The predicted octanol–water partition coefficient (Wildman–Crippen LogP) is 1.89. The molecule has 0 spiro atoms. The number of nitro groups is 1. The maximum atomic E-state index is 12.3. The third-order valence-corrected chi connectivity index (χ3v) is 5.66. The van der Waals surface area contributed by atoms with Gasteiger partial charge in [0.1, 0.15) is 5.00 Å². The molecule has 2 aromatic heterocycles. The number of nitrogens with one attached hydrogen (secondary N) is 1. The largest absolute Gasteiger partial charge is 0.490 e. The van der Waals surface area contributed by atoms with E-state index >= 15 is 0 Å². The Morgan fingerprint density at radius 2 is 2.30 bits per heavy atom. The number of fused-ring (bicyclic) bond motifs is 1.